The summed E-state index contributed by atoms with van der Waals surface area (Å²) in [6.07, 6.45) is 2.42. The van der Waals surface area contributed by atoms with Gasteiger partial charge in [-0.1, -0.05) is 6.07 Å². The zero-order valence-electron chi connectivity index (χ0n) is 13.0. The Balaban J connectivity index is 1.64. The van der Waals surface area contributed by atoms with Crippen LogP contribution in [0, 0.1) is 12.8 Å². The van der Waals surface area contributed by atoms with Gasteiger partial charge < -0.3 is 0 Å². The van der Waals surface area contributed by atoms with Crippen molar-refractivity contribution in [1.82, 2.24) is 4.98 Å². The monoisotopic (exact) mass is 329 g/mol. The van der Waals surface area contributed by atoms with E-state index in [1.54, 1.807) is 0 Å². The summed E-state index contributed by atoms with van der Waals surface area (Å²) in [6, 6.07) is 9.49. The van der Waals surface area contributed by atoms with Gasteiger partial charge in [0.05, 0.1) is 16.0 Å². The SMILES string of the molecule is Cc1ccc2cc(C(=O)C3CC4CCC(C3)S4(=O)=O)ccc2n1. The molecule has 2 fully saturated rings. The number of rotatable bonds is 2. The number of aryl methyl sites for hydroxylation is 1. The molecule has 4 rings (SSSR count). The highest BCUT2D eigenvalue weighted by Gasteiger charge is 2.48. The van der Waals surface area contributed by atoms with Gasteiger partial charge in [-0.05, 0) is 56.9 Å². The number of hydrogen-bond donors (Lipinski definition) is 0. The number of benzene rings is 1. The standard InChI is InChI=1S/C18H19NO3S/c1-11-2-3-12-8-13(4-7-17(12)19-11)18(20)14-9-15-5-6-16(10-14)23(15,21)22/h2-4,7-8,14-16H,5-6,9-10H2,1H3. The highest BCUT2D eigenvalue weighted by molar-refractivity contribution is 7.93. The fourth-order valence-corrected chi connectivity index (χ4v) is 6.51. The third-order valence-corrected chi connectivity index (χ3v) is 8.03. The van der Waals surface area contributed by atoms with Crippen molar-refractivity contribution in [2.24, 2.45) is 5.92 Å². The maximum absolute atomic E-state index is 12.8. The molecule has 0 N–H and O–H groups in total. The van der Waals surface area contributed by atoms with Gasteiger partial charge in [0.1, 0.15) is 0 Å². The van der Waals surface area contributed by atoms with Gasteiger partial charge in [0.25, 0.3) is 0 Å². The Labute approximate surface area is 135 Å². The van der Waals surface area contributed by atoms with Crippen LogP contribution < -0.4 is 0 Å². The van der Waals surface area contributed by atoms with E-state index in [2.05, 4.69) is 4.98 Å². The Kier molecular flexibility index (Phi) is 3.30. The molecule has 2 aliphatic rings. The normalized spacial score (nSPS) is 28.8. The summed E-state index contributed by atoms with van der Waals surface area (Å²) in [5.41, 5.74) is 2.50. The lowest BCUT2D eigenvalue weighted by Gasteiger charge is -2.27. The molecule has 2 unspecified atom stereocenters. The van der Waals surface area contributed by atoms with Crippen molar-refractivity contribution in [3.8, 4) is 0 Å². The molecule has 5 heteroatoms. The lowest BCUT2D eigenvalue weighted by atomic mass is 9.90. The summed E-state index contributed by atoms with van der Waals surface area (Å²) in [7, 11) is -2.98. The van der Waals surface area contributed by atoms with E-state index in [1.165, 1.54) is 0 Å². The molecule has 4 nitrogen and oxygen atoms in total. The van der Waals surface area contributed by atoms with Crippen molar-refractivity contribution in [2.45, 2.75) is 43.1 Å². The van der Waals surface area contributed by atoms with Gasteiger partial charge in [-0.2, -0.15) is 0 Å². The van der Waals surface area contributed by atoms with E-state index in [1.807, 2.05) is 37.3 Å². The number of pyridine rings is 1. The molecule has 3 heterocycles. The van der Waals surface area contributed by atoms with Gasteiger partial charge in [-0.25, -0.2) is 8.42 Å². The minimum Gasteiger partial charge on any atom is -0.294 e. The van der Waals surface area contributed by atoms with Crippen LogP contribution >= 0.6 is 0 Å². The Hall–Kier alpha value is -1.75. The van der Waals surface area contributed by atoms with E-state index >= 15 is 0 Å². The number of nitrogens with zero attached hydrogens (tertiary/aromatic N) is 1. The molecule has 1 aromatic heterocycles. The van der Waals surface area contributed by atoms with E-state index in [-0.39, 0.29) is 22.2 Å². The molecule has 1 aromatic carbocycles. The number of carbonyl (C=O) groups excluding carboxylic acids is 1. The first-order valence-corrected chi connectivity index (χ1v) is 9.70. The van der Waals surface area contributed by atoms with Crippen LogP contribution in [0.15, 0.2) is 30.3 Å². The second kappa shape index (κ2) is 5.13. The first-order valence-electron chi connectivity index (χ1n) is 8.09. The molecular formula is C18H19NO3S. The third kappa shape index (κ3) is 2.38. The van der Waals surface area contributed by atoms with Gasteiger partial charge >= 0.3 is 0 Å². The minimum absolute atomic E-state index is 0.0827. The summed E-state index contributed by atoms with van der Waals surface area (Å²) >= 11 is 0. The summed E-state index contributed by atoms with van der Waals surface area (Å²) in [5, 5.41) is 0.341. The zero-order valence-corrected chi connectivity index (χ0v) is 13.8. The average molecular weight is 329 g/mol. The molecule has 2 saturated heterocycles. The third-order valence-electron chi connectivity index (χ3n) is 5.32. The van der Waals surface area contributed by atoms with Gasteiger partial charge in [0.15, 0.2) is 15.6 Å². The zero-order chi connectivity index (χ0) is 16.2. The number of ketones is 1. The second-order valence-electron chi connectivity index (χ2n) is 6.80. The van der Waals surface area contributed by atoms with E-state index in [4.69, 9.17) is 0 Å². The molecule has 2 aliphatic heterocycles. The number of aromatic nitrogens is 1. The van der Waals surface area contributed by atoms with Crippen molar-refractivity contribution in [3.05, 3.63) is 41.6 Å². The summed E-state index contributed by atoms with van der Waals surface area (Å²) in [4.78, 5) is 17.3. The lowest BCUT2D eigenvalue weighted by Crippen LogP contribution is -2.36. The van der Waals surface area contributed by atoms with Crippen LogP contribution in [-0.2, 0) is 9.84 Å². The number of carbonyl (C=O) groups is 1. The maximum atomic E-state index is 12.8. The van der Waals surface area contributed by atoms with Gasteiger partial charge in [0.2, 0.25) is 0 Å². The Morgan fingerprint density at radius 3 is 2.48 bits per heavy atom. The first kappa shape index (κ1) is 14.8. The van der Waals surface area contributed by atoms with Crippen LogP contribution in [0.1, 0.15) is 41.7 Å². The largest absolute Gasteiger partial charge is 0.294 e. The average Bonchev–Trinajstić information content (AvgIpc) is 2.71. The highest BCUT2D eigenvalue weighted by Crippen LogP contribution is 2.42. The van der Waals surface area contributed by atoms with Crippen LogP contribution in [0.3, 0.4) is 0 Å². The molecule has 0 amide bonds. The Bertz CT molecular complexity index is 884. The van der Waals surface area contributed by atoms with Crippen molar-refractivity contribution >= 4 is 26.5 Å². The van der Waals surface area contributed by atoms with E-state index in [9.17, 15) is 13.2 Å². The van der Waals surface area contributed by atoms with Crippen molar-refractivity contribution in [3.63, 3.8) is 0 Å². The number of fused-ring (bicyclic) bond motifs is 3. The summed E-state index contributed by atoms with van der Waals surface area (Å²) in [5.74, 6) is -0.0776. The molecule has 0 saturated carbocycles. The van der Waals surface area contributed by atoms with Crippen molar-refractivity contribution in [2.75, 3.05) is 0 Å². The fraction of sp³-hybridized carbons (Fsp3) is 0.444. The predicted octanol–water partition coefficient (Wildman–Crippen LogP) is 3.08. The van der Waals surface area contributed by atoms with E-state index in [0.717, 1.165) is 29.4 Å². The minimum atomic E-state index is -2.98. The van der Waals surface area contributed by atoms with Crippen LogP contribution in [0.25, 0.3) is 10.9 Å². The van der Waals surface area contributed by atoms with Gasteiger partial charge in [-0.3, -0.25) is 9.78 Å². The van der Waals surface area contributed by atoms with E-state index < -0.39 is 9.84 Å². The second-order valence-corrected chi connectivity index (χ2v) is 9.31. The molecule has 120 valence electrons. The summed E-state index contributed by atoms with van der Waals surface area (Å²) < 4.78 is 24.3. The maximum Gasteiger partial charge on any atom is 0.166 e. The molecule has 2 bridgehead atoms. The van der Waals surface area contributed by atoms with Crippen LogP contribution in [-0.4, -0.2) is 29.7 Å². The number of sulfone groups is 1. The number of Topliss-reactive ketones (excluding diaryl/α,β-unsaturated/α-hetero) is 1. The smallest absolute Gasteiger partial charge is 0.166 e. The predicted molar refractivity (Wildman–Crippen MR) is 89.3 cm³/mol. The Morgan fingerprint density at radius 1 is 1.09 bits per heavy atom. The molecule has 23 heavy (non-hydrogen) atoms. The molecule has 2 aromatic rings. The molecule has 2 atom stereocenters. The van der Waals surface area contributed by atoms with Crippen molar-refractivity contribution in [1.29, 1.82) is 0 Å². The molecule has 0 radical (unpaired) electrons. The van der Waals surface area contributed by atoms with Crippen molar-refractivity contribution < 1.29 is 13.2 Å². The fourth-order valence-electron chi connectivity index (χ4n) is 4.04. The number of hydrogen-bond acceptors (Lipinski definition) is 4. The molecule has 0 aliphatic carbocycles. The quantitative estimate of drug-likeness (QED) is 0.794. The first-order chi connectivity index (χ1) is 10.9. The lowest BCUT2D eigenvalue weighted by molar-refractivity contribution is 0.0905. The van der Waals surface area contributed by atoms with E-state index in [0.29, 0.717) is 18.4 Å². The van der Waals surface area contributed by atoms with Crippen LogP contribution in [0.2, 0.25) is 0 Å². The molecule has 0 spiro atoms. The van der Waals surface area contributed by atoms with Crippen LogP contribution in [0.4, 0.5) is 0 Å². The topological polar surface area (TPSA) is 64.1 Å². The molecular weight excluding hydrogens is 310 g/mol. The Morgan fingerprint density at radius 2 is 1.78 bits per heavy atom. The van der Waals surface area contributed by atoms with Gasteiger partial charge in [0, 0.05) is 22.6 Å². The van der Waals surface area contributed by atoms with Crippen LogP contribution in [0.5, 0.6) is 0 Å². The summed E-state index contributed by atoms with van der Waals surface area (Å²) in [6.45, 7) is 1.94. The highest BCUT2D eigenvalue weighted by atomic mass is 32.2. The van der Waals surface area contributed by atoms with Gasteiger partial charge in [-0.15, -0.1) is 0 Å².